The normalized spacial score (nSPS) is 11.4. The first-order valence-corrected chi connectivity index (χ1v) is 6.03. The lowest BCUT2D eigenvalue weighted by atomic mass is 10.1. The van der Waals surface area contributed by atoms with Crippen LogP contribution in [0.5, 0.6) is 0 Å². The predicted molar refractivity (Wildman–Crippen MR) is 68.4 cm³/mol. The monoisotopic (exact) mass is 246 g/mol. The number of pyridine rings is 1. The van der Waals surface area contributed by atoms with E-state index in [4.69, 9.17) is 5.11 Å². The second-order valence-corrected chi connectivity index (χ2v) is 5.11. The summed E-state index contributed by atoms with van der Waals surface area (Å²) < 4.78 is 0.908. The number of aliphatic hydroxyl groups excluding tert-OH is 1. The Morgan fingerprint density at radius 3 is 3.06 bits per heavy atom. The lowest BCUT2D eigenvalue weighted by molar-refractivity contribution is 0.282. The minimum Gasteiger partial charge on any atom is -0.392 e. The Balaban J connectivity index is 2.52. The van der Waals surface area contributed by atoms with E-state index in [0.29, 0.717) is 5.52 Å². The largest absolute Gasteiger partial charge is 0.392 e. The smallest absolute Gasteiger partial charge is 0.275 e. The quantitative estimate of drug-likeness (QED) is 0.689. The maximum Gasteiger partial charge on any atom is 0.275 e. The summed E-state index contributed by atoms with van der Waals surface area (Å²) in [6.07, 6.45) is 0. The highest BCUT2D eigenvalue weighted by molar-refractivity contribution is 7.19. The van der Waals surface area contributed by atoms with E-state index < -0.39 is 0 Å². The standard InChI is InChI=1S/C12H10N2O2S/c1-6-13-10-11(17-6)8-3-2-7(5-15)4-9(8)14-12(10)16/h2-4,15H,5H2,1H3,(H,14,16). The number of benzene rings is 1. The van der Waals surface area contributed by atoms with Crippen molar-refractivity contribution >= 4 is 32.5 Å². The number of hydrogen-bond donors (Lipinski definition) is 2. The highest BCUT2D eigenvalue weighted by atomic mass is 32.1. The predicted octanol–water partition coefficient (Wildman–Crippen LogP) is 1.94. The molecule has 1 aromatic carbocycles. The number of rotatable bonds is 1. The number of nitrogens with one attached hydrogen (secondary N) is 1. The Morgan fingerprint density at radius 1 is 1.47 bits per heavy atom. The number of nitrogens with zero attached hydrogens (tertiary/aromatic N) is 1. The Kier molecular flexibility index (Phi) is 2.24. The van der Waals surface area contributed by atoms with Crippen LogP contribution >= 0.6 is 11.3 Å². The highest BCUT2D eigenvalue weighted by Gasteiger charge is 2.09. The maximum atomic E-state index is 11.8. The van der Waals surface area contributed by atoms with Crippen molar-refractivity contribution in [1.29, 1.82) is 0 Å². The maximum absolute atomic E-state index is 11.8. The molecule has 0 atom stereocenters. The van der Waals surface area contributed by atoms with Crippen LogP contribution in [0.15, 0.2) is 23.0 Å². The highest BCUT2D eigenvalue weighted by Crippen LogP contribution is 2.27. The fourth-order valence-corrected chi connectivity index (χ4v) is 2.89. The minimum absolute atomic E-state index is 0.0300. The second kappa shape index (κ2) is 3.65. The summed E-state index contributed by atoms with van der Waals surface area (Å²) in [7, 11) is 0. The fourth-order valence-electron chi connectivity index (χ4n) is 1.94. The van der Waals surface area contributed by atoms with Crippen LogP contribution in [0.3, 0.4) is 0 Å². The van der Waals surface area contributed by atoms with Gasteiger partial charge in [-0.2, -0.15) is 0 Å². The van der Waals surface area contributed by atoms with Crippen molar-refractivity contribution in [2.24, 2.45) is 0 Å². The Morgan fingerprint density at radius 2 is 2.29 bits per heavy atom. The third kappa shape index (κ3) is 1.55. The van der Waals surface area contributed by atoms with E-state index in [1.54, 1.807) is 6.07 Å². The summed E-state index contributed by atoms with van der Waals surface area (Å²) in [5.74, 6) is 0. The SMILES string of the molecule is Cc1nc2c(=O)[nH]c3cc(CO)ccc3c2s1. The molecule has 3 rings (SSSR count). The molecule has 0 aliphatic carbocycles. The van der Waals surface area contributed by atoms with Crippen molar-refractivity contribution in [2.75, 3.05) is 0 Å². The van der Waals surface area contributed by atoms with Gasteiger partial charge in [-0.05, 0) is 18.6 Å². The van der Waals surface area contributed by atoms with Gasteiger partial charge in [-0.25, -0.2) is 4.98 Å². The van der Waals surface area contributed by atoms with Gasteiger partial charge in [0.1, 0.15) is 5.52 Å². The molecule has 4 nitrogen and oxygen atoms in total. The molecular weight excluding hydrogens is 236 g/mol. The van der Waals surface area contributed by atoms with E-state index in [0.717, 1.165) is 26.2 Å². The van der Waals surface area contributed by atoms with Crippen molar-refractivity contribution in [3.8, 4) is 0 Å². The number of aryl methyl sites for hydroxylation is 1. The molecule has 0 aliphatic rings. The summed E-state index contributed by atoms with van der Waals surface area (Å²) in [4.78, 5) is 18.9. The van der Waals surface area contributed by atoms with E-state index >= 15 is 0 Å². The molecule has 0 unspecified atom stereocenters. The average molecular weight is 246 g/mol. The molecule has 0 aliphatic heterocycles. The number of thiazole rings is 1. The lowest BCUT2D eigenvalue weighted by Crippen LogP contribution is -2.06. The van der Waals surface area contributed by atoms with Gasteiger partial charge < -0.3 is 10.1 Å². The number of aromatic nitrogens is 2. The molecule has 0 spiro atoms. The fraction of sp³-hybridized carbons (Fsp3) is 0.167. The van der Waals surface area contributed by atoms with Crippen LogP contribution in [-0.2, 0) is 6.61 Å². The van der Waals surface area contributed by atoms with Gasteiger partial charge in [-0.1, -0.05) is 12.1 Å². The first-order chi connectivity index (χ1) is 8.19. The van der Waals surface area contributed by atoms with Crippen LogP contribution in [0, 0.1) is 6.92 Å². The van der Waals surface area contributed by atoms with Gasteiger partial charge in [0.2, 0.25) is 0 Å². The molecule has 2 N–H and O–H groups in total. The molecule has 0 fully saturated rings. The average Bonchev–Trinajstić information content (AvgIpc) is 2.71. The summed E-state index contributed by atoms with van der Waals surface area (Å²) in [5.41, 5.74) is 1.86. The molecule has 0 amide bonds. The molecule has 5 heteroatoms. The lowest BCUT2D eigenvalue weighted by Gasteiger charge is -2.01. The first-order valence-electron chi connectivity index (χ1n) is 5.22. The van der Waals surface area contributed by atoms with Gasteiger partial charge in [0.15, 0.2) is 0 Å². The Labute approximate surface area is 101 Å². The van der Waals surface area contributed by atoms with E-state index in [-0.39, 0.29) is 12.2 Å². The van der Waals surface area contributed by atoms with Gasteiger partial charge in [-0.15, -0.1) is 11.3 Å². The molecule has 0 saturated carbocycles. The summed E-state index contributed by atoms with van der Waals surface area (Å²) in [6, 6.07) is 5.57. The molecule has 17 heavy (non-hydrogen) atoms. The zero-order valence-electron chi connectivity index (χ0n) is 9.15. The van der Waals surface area contributed by atoms with Crippen LogP contribution in [0.4, 0.5) is 0 Å². The van der Waals surface area contributed by atoms with Crippen molar-refractivity contribution in [3.05, 3.63) is 39.1 Å². The topological polar surface area (TPSA) is 66.0 Å². The summed E-state index contributed by atoms with van der Waals surface area (Å²) in [6.45, 7) is 1.86. The van der Waals surface area contributed by atoms with Crippen LogP contribution in [0.1, 0.15) is 10.6 Å². The number of fused-ring (bicyclic) bond motifs is 3. The zero-order valence-corrected chi connectivity index (χ0v) is 9.97. The molecule has 0 saturated heterocycles. The molecule has 2 aromatic heterocycles. The molecule has 86 valence electrons. The van der Waals surface area contributed by atoms with Gasteiger partial charge in [0.25, 0.3) is 5.56 Å². The second-order valence-electron chi connectivity index (χ2n) is 3.90. The third-order valence-corrected chi connectivity index (χ3v) is 3.71. The summed E-state index contributed by atoms with van der Waals surface area (Å²) >= 11 is 1.52. The molecule has 2 heterocycles. The van der Waals surface area contributed by atoms with Crippen LogP contribution < -0.4 is 5.56 Å². The van der Waals surface area contributed by atoms with Crippen molar-refractivity contribution in [3.63, 3.8) is 0 Å². The number of H-pyrrole nitrogens is 1. The Hall–Kier alpha value is -1.72. The minimum atomic E-state index is -0.174. The molecule has 3 aromatic rings. The van der Waals surface area contributed by atoms with E-state index in [1.807, 2.05) is 19.1 Å². The van der Waals surface area contributed by atoms with Crippen LogP contribution in [0.2, 0.25) is 0 Å². The number of aromatic amines is 1. The first kappa shape index (κ1) is 10.4. The van der Waals surface area contributed by atoms with E-state index in [2.05, 4.69) is 9.97 Å². The number of aliphatic hydroxyl groups is 1. The van der Waals surface area contributed by atoms with E-state index in [9.17, 15) is 4.79 Å². The van der Waals surface area contributed by atoms with Crippen molar-refractivity contribution < 1.29 is 5.11 Å². The van der Waals surface area contributed by atoms with Gasteiger partial charge in [0, 0.05) is 5.39 Å². The summed E-state index contributed by atoms with van der Waals surface area (Å²) in [5, 5.41) is 10.9. The molecular formula is C12H10N2O2S. The number of hydrogen-bond acceptors (Lipinski definition) is 4. The van der Waals surface area contributed by atoms with Gasteiger partial charge in [0.05, 0.1) is 21.8 Å². The molecule has 0 radical (unpaired) electrons. The third-order valence-electron chi connectivity index (χ3n) is 2.71. The van der Waals surface area contributed by atoms with Crippen LogP contribution in [0.25, 0.3) is 21.1 Å². The van der Waals surface area contributed by atoms with Crippen LogP contribution in [-0.4, -0.2) is 15.1 Å². The van der Waals surface area contributed by atoms with Gasteiger partial charge in [-0.3, -0.25) is 4.79 Å². The van der Waals surface area contributed by atoms with Crippen molar-refractivity contribution in [1.82, 2.24) is 9.97 Å². The Bertz CT molecular complexity index is 773. The zero-order chi connectivity index (χ0) is 12.0. The van der Waals surface area contributed by atoms with E-state index in [1.165, 1.54) is 11.3 Å². The van der Waals surface area contributed by atoms with Crippen molar-refractivity contribution in [2.45, 2.75) is 13.5 Å². The van der Waals surface area contributed by atoms with Gasteiger partial charge >= 0.3 is 0 Å². The molecule has 0 bridgehead atoms.